The number of hydrogen-bond acceptors (Lipinski definition) is 4. The summed E-state index contributed by atoms with van der Waals surface area (Å²) in [6.45, 7) is 1.20. The molecule has 0 aliphatic heterocycles. The summed E-state index contributed by atoms with van der Waals surface area (Å²) in [6.07, 6.45) is -0.798. The zero-order chi connectivity index (χ0) is 16.7. The molecule has 2 aromatic rings. The van der Waals surface area contributed by atoms with Gasteiger partial charge in [0, 0.05) is 4.47 Å². The molecule has 0 spiro atoms. The Balaban J connectivity index is 1.79. The molecule has 6 heteroatoms. The van der Waals surface area contributed by atoms with Crippen LogP contribution in [0, 0.1) is 0 Å². The Hall–Kier alpha value is -2.34. The van der Waals surface area contributed by atoms with Crippen molar-refractivity contribution in [1.29, 1.82) is 0 Å². The summed E-state index contributed by atoms with van der Waals surface area (Å²) in [6, 6.07) is 16.1. The van der Waals surface area contributed by atoms with Crippen LogP contribution in [-0.4, -0.2) is 24.6 Å². The van der Waals surface area contributed by atoms with Crippen molar-refractivity contribution in [1.82, 2.24) is 0 Å². The first-order chi connectivity index (χ1) is 11.1. The van der Waals surface area contributed by atoms with Gasteiger partial charge in [0.1, 0.15) is 5.75 Å². The smallest absolute Gasteiger partial charge is 0.347 e. The van der Waals surface area contributed by atoms with E-state index < -0.39 is 18.0 Å². The molecule has 0 radical (unpaired) electrons. The van der Waals surface area contributed by atoms with Gasteiger partial charge in [-0.25, -0.2) is 4.79 Å². The van der Waals surface area contributed by atoms with Crippen molar-refractivity contribution in [2.45, 2.75) is 13.0 Å². The molecule has 2 rings (SSSR count). The fraction of sp³-hybridized carbons (Fsp3) is 0.176. The summed E-state index contributed by atoms with van der Waals surface area (Å²) in [5.74, 6) is -0.456. The topological polar surface area (TPSA) is 64.6 Å². The second-order valence-corrected chi connectivity index (χ2v) is 5.56. The van der Waals surface area contributed by atoms with E-state index in [1.54, 1.807) is 49.4 Å². The van der Waals surface area contributed by atoms with Crippen LogP contribution in [0.4, 0.5) is 5.69 Å². The minimum atomic E-state index is -0.798. The molecule has 5 nitrogen and oxygen atoms in total. The van der Waals surface area contributed by atoms with E-state index in [0.717, 1.165) is 4.47 Å². The number of amides is 1. The van der Waals surface area contributed by atoms with Crippen molar-refractivity contribution in [2.24, 2.45) is 0 Å². The molecule has 1 N–H and O–H groups in total. The number of halogens is 1. The number of carbonyl (C=O) groups is 2. The molecule has 0 bridgehead atoms. The van der Waals surface area contributed by atoms with Gasteiger partial charge in [-0.3, -0.25) is 4.79 Å². The van der Waals surface area contributed by atoms with Crippen LogP contribution in [0.1, 0.15) is 6.92 Å². The van der Waals surface area contributed by atoms with E-state index >= 15 is 0 Å². The summed E-state index contributed by atoms with van der Waals surface area (Å²) < 4.78 is 11.1. The number of rotatable bonds is 6. The maximum absolute atomic E-state index is 11.8. The monoisotopic (exact) mass is 377 g/mol. The zero-order valence-electron chi connectivity index (χ0n) is 12.5. The fourth-order valence-electron chi connectivity index (χ4n) is 1.75. The van der Waals surface area contributed by atoms with Crippen LogP contribution in [-0.2, 0) is 14.3 Å². The van der Waals surface area contributed by atoms with Gasteiger partial charge in [-0.2, -0.15) is 0 Å². The van der Waals surface area contributed by atoms with E-state index in [1.165, 1.54) is 0 Å². The maximum atomic E-state index is 11.8. The molecule has 120 valence electrons. The van der Waals surface area contributed by atoms with Gasteiger partial charge in [-0.15, -0.1) is 0 Å². The molecule has 1 atom stereocenters. The zero-order valence-corrected chi connectivity index (χ0v) is 14.1. The van der Waals surface area contributed by atoms with Crippen LogP contribution >= 0.6 is 15.9 Å². The van der Waals surface area contributed by atoms with Gasteiger partial charge in [0.05, 0.1) is 5.69 Å². The Labute approximate surface area is 142 Å². The van der Waals surface area contributed by atoms with Crippen molar-refractivity contribution in [3.05, 3.63) is 59.1 Å². The van der Waals surface area contributed by atoms with Crippen LogP contribution in [0.25, 0.3) is 0 Å². The lowest BCUT2D eigenvalue weighted by Crippen LogP contribution is -2.29. The van der Waals surface area contributed by atoms with Crippen molar-refractivity contribution >= 4 is 33.5 Å². The van der Waals surface area contributed by atoms with Gasteiger partial charge in [-0.05, 0) is 47.1 Å². The van der Waals surface area contributed by atoms with Gasteiger partial charge in [-0.1, -0.05) is 30.3 Å². The van der Waals surface area contributed by atoms with Crippen molar-refractivity contribution in [2.75, 3.05) is 11.9 Å². The third kappa shape index (κ3) is 5.41. The number of carbonyl (C=O) groups excluding carboxylic acids is 2. The molecule has 0 aliphatic carbocycles. The fourth-order valence-corrected chi connectivity index (χ4v) is 2.14. The molecular formula is C17H16BrNO4. The Kier molecular flexibility index (Phi) is 6.17. The molecule has 0 saturated carbocycles. The molecule has 0 saturated heterocycles. The maximum Gasteiger partial charge on any atom is 0.347 e. The van der Waals surface area contributed by atoms with Gasteiger partial charge >= 0.3 is 5.97 Å². The number of benzene rings is 2. The van der Waals surface area contributed by atoms with E-state index in [4.69, 9.17) is 9.47 Å². The minimum absolute atomic E-state index is 0.372. The Bertz CT molecular complexity index is 675. The lowest BCUT2D eigenvalue weighted by atomic mass is 10.3. The van der Waals surface area contributed by atoms with Gasteiger partial charge in [0.15, 0.2) is 12.7 Å². The average Bonchev–Trinajstić information content (AvgIpc) is 2.55. The molecule has 0 heterocycles. The largest absolute Gasteiger partial charge is 0.479 e. The number of para-hydroxylation sites is 2. The number of hydrogen-bond donors (Lipinski definition) is 1. The normalized spacial score (nSPS) is 11.4. The SMILES string of the molecule is C[C@@H](Oc1ccccc1)C(=O)OCC(=O)Nc1ccccc1Br. The first-order valence-electron chi connectivity index (χ1n) is 6.99. The minimum Gasteiger partial charge on any atom is -0.479 e. The molecule has 0 aromatic heterocycles. The van der Waals surface area contributed by atoms with Crippen LogP contribution < -0.4 is 10.1 Å². The van der Waals surface area contributed by atoms with E-state index in [-0.39, 0.29) is 6.61 Å². The number of ether oxygens (including phenoxy) is 2. The first kappa shape index (κ1) is 17.0. The molecule has 0 fully saturated rings. The molecule has 2 aromatic carbocycles. The summed E-state index contributed by atoms with van der Waals surface area (Å²) in [4.78, 5) is 23.6. The summed E-state index contributed by atoms with van der Waals surface area (Å²) >= 11 is 3.32. The molecule has 23 heavy (non-hydrogen) atoms. The van der Waals surface area contributed by atoms with Gasteiger partial charge in [0.25, 0.3) is 5.91 Å². The molecule has 1 amide bonds. The third-order valence-corrected chi connectivity index (χ3v) is 3.57. The van der Waals surface area contributed by atoms with Crippen molar-refractivity contribution in [3.63, 3.8) is 0 Å². The highest BCUT2D eigenvalue weighted by Gasteiger charge is 2.18. The first-order valence-corrected chi connectivity index (χ1v) is 7.78. The van der Waals surface area contributed by atoms with E-state index in [9.17, 15) is 9.59 Å². The lowest BCUT2D eigenvalue weighted by molar-refractivity contribution is -0.153. The number of anilines is 1. The van der Waals surface area contributed by atoms with Crippen molar-refractivity contribution < 1.29 is 19.1 Å². The number of esters is 1. The highest BCUT2D eigenvalue weighted by atomic mass is 79.9. The van der Waals surface area contributed by atoms with Gasteiger partial charge < -0.3 is 14.8 Å². The van der Waals surface area contributed by atoms with Crippen LogP contribution in [0.15, 0.2) is 59.1 Å². The predicted octanol–water partition coefficient (Wildman–Crippen LogP) is 3.40. The average molecular weight is 378 g/mol. The standard InChI is InChI=1S/C17H16BrNO4/c1-12(23-13-7-3-2-4-8-13)17(21)22-11-16(20)19-15-10-6-5-9-14(15)18/h2-10,12H,11H2,1H3,(H,19,20)/t12-/m1/s1. The lowest BCUT2D eigenvalue weighted by Gasteiger charge is -2.14. The quantitative estimate of drug-likeness (QED) is 0.783. The summed E-state index contributed by atoms with van der Waals surface area (Å²) in [5, 5.41) is 2.65. The summed E-state index contributed by atoms with van der Waals surface area (Å²) in [5.41, 5.74) is 0.613. The molecular weight excluding hydrogens is 362 g/mol. The molecule has 0 aliphatic rings. The van der Waals surface area contributed by atoms with Crippen LogP contribution in [0.5, 0.6) is 5.75 Å². The second-order valence-electron chi connectivity index (χ2n) is 4.71. The van der Waals surface area contributed by atoms with E-state index in [1.807, 2.05) is 12.1 Å². The Morgan fingerprint density at radius 1 is 1.09 bits per heavy atom. The highest BCUT2D eigenvalue weighted by molar-refractivity contribution is 9.10. The predicted molar refractivity (Wildman–Crippen MR) is 90.3 cm³/mol. The third-order valence-electron chi connectivity index (χ3n) is 2.88. The Morgan fingerprint density at radius 3 is 2.43 bits per heavy atom. The summed E-state index contributed by atoms with van der Waals surface area (Å²) in [7, 11) is 0. The van der Waals surface area contributed by atoms with Crippen LogP contribution in [0.2, 0.25) is 0 Å². The van der Waals surface area contributed by atoms with Gasteiger partial charge in [0.2, 0.25) is 0 Å². The van der Waals surface area contributed by atoms with E-state index in [2.05, 4.69) is 21.2 Å². The second kappa shape index (κ2) is 8.33. The van der Waals surface area contributed by atoms with Crippen molar-refractivity contribution in [3.8, 4) is 5.75 Å². The number of nitrogens with one attached hydrogen (secondary N) is 1. The Morgan fingerprint density at radius 2 is 1.74 bits per heavy atom. The molecule has 0 unspecified atom stereocenters. The van der Waals surface area contributed by atoms with Crippen LogP contribution in [0.3, 0.4) is 0 Å². The van der Waals surface area contributed by atoms with E-state index in [0.29, 0.717) is 11.4 Å². The highest BCUT2D eigenvalue weighted by Crippen LogP contribution is 2.20.